The van der Waals surface area contributed by atoms with Crippen LogP contribution < -0.4 is 10.6 Å². The number of aliphatic imine (C=N–C) groups is 1. The number of guanidine groups is 1. The Morgan fingerprint density at radius 1 is 1.44 bits per heavy atom. The molecule has 0 bridgehead atoms. The van der Waals surface area contributed by atoms with E-state index in [2.05, 4.69) is 20.8 Å². The monoisotopic (exact) mass is 497 g/mol. The van der Waals surface area contributed by atoms with Gasteiger partial charge in [0.25, 0.3) is 0 Å². The van der Waals surface area contributed by atoms with Crippen molar-refractivity contribution < 1.29 is 26.1 Å². The Labute approximate surface area is 160 Å². The molecule has 0 unspecified atom stereocenters. The molecule has 2 rings (SSSR count). The van der Waals surface area contributed by atoms with Gasteiger partial charge >= 0.3 is 15.5 Å². The fourth-order valence-corrected chi connectivity index (χ4v) is 3.26. The highest BCUT2D eigenvalue weighted by atomic mass is 127. The molecule has 2 heterocycles. The first-order valence-electron chi connectivity index (χ1n) is 7.17. The van der Waals surface area contributed by atoms with Crippen molar-refractivity contribution in [2.24, 2.45) is 4.99 Å². The second kappa shape index (κ2) is 9.02. The van der Waals surface area contributed by atoms with Crippen molar-refractivity contribution in [2.75, 3.05) is 20.1 Å². The third-order valence-electron chi connectivity index (χ3n) is 3.58. The molecule has 1 saturated heterocycles. The minimum atomic E-state index is -5.26. The molecule has 0 saturated carbocycles. The Bertz CT molecular complexity index is 658. The molecule has 0 atom stereocenters. The van der Waals surface area contributed by atoms with Crippen molar-refractivity contribution in [3.8, 4) is 0 Å². The standard InChI is InChI=1S/C12H18F3N5O3S.HI/c1-16-11(17-8-10-4-7-23-19-10)18-9-2-5-20(6-3-9)24(21,22)12(13,14)15;/h4,7,9H,2-3,5-6,8H2,1H3,(H2,16,17,18);1H. The number of sulfonamides is 1. The lowest BCUT2D eigenvalue weighted by Crippen LogP contribution is -2.51. The van der Waals surface area contributed by atoms with E-state index < -0.39 is 15.5 Å². The van der Waals surface area contributed by atoms with Crippen molar-refractivity contribution in [2.45, 2.75) is 30.9 Å². The number of hydrogen-bond acceptors (Lipinski definition) is 5. The van der Waals surface area contributed by atoms with E-state index in [0.29, 0.717) is 22.5 Å². The van der Waals surface area contributed by atoms with E-state index in [0.717, 1.165) is 0 Å². The highest BCUT2D eigenvalue weighted by Gasteiger charge is 2.50. The van der Waals surface area contributed by atoms with Gasteiger partial charge in [-0.2, -0.15) is 17.5 Å². The van der Waals surface area contributed by atoms with Gasteiger partial charge in [0, 0.05) is 32.2 Å². The Morgan fingerprint density at radius 2 is 2.08 bits per heavy atom. The van der Waals surface area contributed by atoms with Gasteiger partial charge in [-0.25, -0.2) is 8.42 Å². The lowest BCUT2D eigenvalue weighted by atomic mass is 10.1. The number of aromatic nitrogens is 1. The number of alkyl halides is 3. The first-order valence-corrected chi connectivity index (χ1v) is 8.61. The van der Waals surface area contributed by atoms with Crippen LogP contribution in [0.2, 0.25) is 0 Å². The lowest BCUT2D eigenvalue weighted by Gasteiger charge is -2.32. The number of hydrogen-bond donors (Lipinski definition) is 2. The summed E-state index contributed by atoms with van der Waals surface area (Å²) in [6.07, 6.45) is 1.93. The zero-order chi connectivity index (χ0) is 17.8. The highest BCUT2D eigenvalue weighted by Crippen LogP contribution is 2.28. The maximum atomic E-state index is 12.5. The van der Waals surface area contributed by atoms with Gasteiger partial charge in [-0.3, -0.25) is 4.99 Å². The van der Waals surface area contributed by atoms with Crippen molar-refractivity contribution in [1.29, 1.82) is 0 Å². The van der Waals surface area contributed by atoms with E-state index in [1.165, 1.54) is 6.26 Å². The van der Waals surface area contributed by atoms with Crippen molar-refractivity contribution in [3.05, 3.63) is 18.0 Å². The summed E-state index contributed by atoms with van der Waals surface area (Å²) in [5.74, 6) is 0.454. The van der Waals surface area contributed by atoms with E-state index in [-0.39, 0.29) is 55.9 Å². The van der Waals surface area contributed by atoms with Crippen LogP contribution in [0.5, 0.6) is 0 Å². The lowest BCUT2D eigenvalue weighted by molar-refractivity contribution is -0.0494. The average molecular weight is 497 g/mol. The van der Waals surface area contributed by atoms with Crippen LogP contribution in [-0.4, -0.2) is 55.5 Å². The summed E-state index contributed by atoms with van der Waals surface area (Å²) in [5.41, 5.74) is -4.59. The molecule has 144 valence electrons. The van der Waals surface area contributed by atoms with E-state index in [4.69, 9.17) is 4.52 Å². The fraction of sp³-hybridized carbons (Fsp3) is 0.667. The van der Waals surface area contributed by atoms with Gasteiger partial charge in [0.2, 0.25) is 0 Å². The van der Waals surface area contributed by atoms with Gasteiger partial charge in [0.05, 0.1) is 6.54 Å². The molecule has 1 aliphatic rings. The summed E-state index contributed by atoms with van der Waals surface area (Å²) >= 11 is 0. The largest absolute Gasteiger partial charge is 0.511 e. The molecule has 0 spiro atoms. The molecule has 1 aromatic rings. The number of nitrogens with one attached hydrogen (secondary N) is 2. The quantitative estimate of drug-likeness (QED) is 0.370. The summed E-state index contributed by atoms with van der Waals surface area (Å²) in [5, 5.41) is 9.77. The minimum Gasteiger partial charge on any atom is -0.364 e. The molecule has 2 N–H and O–H groups in total. The molecule has 25 heavy (non-hydrogen) atoms. The number of nitrogens with zero attached hydrogens (tertiary/aromatic N) is 3. The fourth-order valence-electron chi connectivity index (χ4n) is 2.28. The van der Waals surface area contributed by atoms with Gasteiger partial charge < -0.3 is 15.2 Å². The summed E-state index contributed by atoms with van der Waals surface area (Å²) in [4.78, 5) is 4.01. The first-order chi connectivity index (χ1) is 11.2. The van der Waals surface area contributed by atoms with Crippen molar-refractivity contribution >= 4 is 40.0 Å². The van der Waals surface area contributed by atoms with Crippen LogP contribution in [0.1, 0.15) is 18.5 Å². The zero-order valence-electron chi connectivity index (χ0n) is 13.3. The molecule has 0 amide bonds. The molecule has 1 aromatic heterocycles. The van der Waals surface area contributed by atoms with Crippen molar-refractivity contribution in [3.63, 3.8) is 0 Å². The normalized spacial score (nSPS) is 17.8. The van der Waals surface area contributed by atoms with E-state index in [1.807, 2.05) is 0 Å². The summed E-state index contributed by atoms with van der Waals surface area (Å²) in [6.45, 7) is -0.0168. The van der Waals surface area contributed by atoms with Gasteiger partial charge in [-0.1, -0.05) is 5.16 Å². The molecule has 1 aliphatic heterocycles. The van der Waals surface area contributed by atoms with Crippen LogP contribution in [0.4, 0.5) is 13.2 Å². The van der Waals surface area contributed by atoms with Crippen LogP contribution in [0.3, 0.4) is 0 Å². The molecule has 0 aliphatic carbocycles. The Morgan fingerprint density at radius 3 is 2.56 bits per heavy atom. The third-order valence-corrected chi connectivity index (χ3v) is 5.21. The molecule has 13 heteroatoms. The van der Waals surface area contributed by atoms with Crippen LogP contribution in [0.25, 0.3) is 0 Å². The van der Waals surface area contributed by atoms with Crippen LogP contribution in [0.15, 0.2) is 21.8 Å². The second-order valence-electron chi connectivity index (χ2n) is 5.18. The molecular weight excluding hydrogens is 478 g/mol. The predicted molar refractivity (Wildman–Crippen MR) is 94.8 cm³/mol. The number of piperidine rings is 1. The summed E-state index contributed by atoms with van der Waals surface area (Å²) < 4.78 is 65.5. The Kier molecular flexibility index (Phi) is 7.92. The molecule has 1 fully saturated rings. The zero-order valence-corrected chi connectivity index (χ0v) is 16.4. The smallest absolute Gasteiger partial charge is 0.364 e. The Hall–Kier alpha value is -1.09. The highest BCUT2D eigenvalue weighted by molar-refractivity contribution is 14.0. The first kappa shape index (κ1) is 22.0. The summed E-state index contributed by atoms with van der Waals surface area (Å²) in [6, 6.07) is 1.51. The van der Waals surface area contributed by atoms with Crippen molar-refractivity contribution in [1.82, 2.24) is 20.1 Å². The average Bonchev–Trinajstić information content (AvgIpc) is 3.04. The second-order valence-corrected chi connectivity index (χ2v) is 7.11. The number of rotatable bonds is 4. The molecule has 8 nitrogen and oxygen atoms in total. The SMILES string of the molecule is CN=C(NCc1ccon1)NC1CCN(S(=O)(=O)C(F)(F)F)CC1.I. The van der Waals surface area contributed by atoms with E-state index >= 15 is 0 Å². The van der Waals surface area contributed by atoms with E-state index in [9.17, 15) is 21.6 Å². The number of halogens is 4. The van der Waals surface area contributed by atoms with Gasteiger partial charge in [0.1, 0.15) is 12.0 Å². The molecule has 0 aromatic carbocycles. The maximum absolute atomic E-state index is 12.5. The molecule has 0 radical (unpaired) electrons. The predicted octanol–water partition coefficient (Wildman–Crippen LogP) is 1.27. The van der Waals surface area contributed by atoms with E-state index in [1.54, 1.807) is 13.1 Å². The minimum absolute atomic E-state index is 0. The summed E-state index contributed by atoms with van der Waals surface area (Å²) in [7, 11) is -3.70. The van der Waals surface area contributed by atoms with Crippen LogP contribution in [-0.2, 0) is 16.6 Å². The Balaban J connectivity index is 0.00000312. The third kappa shape index (κ3) is 5.70. The molecular formula is C12H19F3IN5O3S. The van der Waals surface area contributed by atoms with Gasteiger partial charge in [-0.05, 0) is 12.8 Å². The topological polar surface area (TPSA) is 99.8 Å². The van der Waals surface area contributed by atoms with Crippen LogP contribution >= 0.6 is 24.0 Å². The van der Waals surface area contributed by atoms with Crippen LogP contribution in [0, 0.1) is 0 Å². The van der Waals surface area contributed by atoms with Gasteiger partial charge in [-0.15, -0.1) is 24.0 Å². The maximum Gasteiger partial charge on any atom is 0.511 e. The van der Waals surface area contributed by atoms with Gasteiger partial charge in [0.15, 0.2) is 5.96 Å².